The van der Waals surface area contributed by atoms with E-state index in [0.717, 1.165) is 90.1 Å². The summed E-state index contributed by atoms with van der Waals surface area (Å²) < 4.78 is 0. The van der Waals surface area contributed by atoms with E-state index >= 15 is 0 Å². The predicted molar refractivity (Wildman–Crippen MR) is 252 cm³/mol. The smallest absolute Gasteiger partial charge is 0.164 e. The van der Waals surface area contributed by atoms with Gasteiger partial charge in [0.2, 0.25) is 0 Å². The highest BCUT2D eigenvalue weighted by Crippen LogP contribution is 2.36. The molecule has 292 valence electrons. The molecule has 0 fully saturated rings. The van der Waals surface area contributed by atoms with Crippen LogP contribution in [0.25, 0.3) is 95.5 Å². The lowest BCUT2D eigenvalue weighted by atomic mass is 9.95. The lowest BCUT2D eigenvalue weighted by Gasteiger charge is -2.14. The average Bonchev–Trinajstić information content (AvgIpc) is 3.34. The van der Waals surface area contributed by atoms with Crippen LogP contribution in [-0.4, -0.2) is 24.9 Å². The van der Waals surface area contributed by atoms with Gasteiger partial charge in [-0.05, 0) is 101 Å². The quantitative estimate of drug-likeness (QED) is 0.122. The van der Waals surface area contributed by atoms with E-state index < -0.39 is 0 Å². The van der Waals surface area contributed by atoms with Crippen LogP contribution >= 0.6 is 0 Å². The topological polar surface area (TPSA) is 64.5 Å². The summed E-state index contributed by atoms with van der Waals surface area (Å²) in [5, 5.41) is 0. The molecule has 0 saturated carbocycles. The highest BCUT2D eigenvalue weighted by molar-refractivity contribution is 5.83. The SMILES string of the molecule is C/C=C\C(=C/CC)c1ccc(-c2cc(-c3ccccc3)cc(-c3nc(-c4ccccc4)nc(-c4cc(-c5ccccc5)cc(-c5ccc(-c6ccccc6)nc5)c4)n3)c2)cn1. The Hall–Kier alpha value is -7.89. The van der Waals surface area contributed by atoms with Gasteiger partial charge in [0.25, 0.3) is 0 Å². The lowest BCUT2D eigenvalue weighted by Crippen LogP contribution is -2.01. The maximum absolute atomic E-state index is 5.30. The first-order chi connectivity index (χ1) is 30.1. The number of allylic oxidation sites excluding steroid dienone is 4. The molecule has 0 radical (unpaired) electrons. The van der Waals surface area contributed by atoms with E-state index in [1.165, 1.54) is 0 Å². The summed E-state index contributed by atoms with van der Waals surface area (Å²) in [5.74, 6) is 1.75. The molecule has 0 saturated heterocycles. The van der Waals surface area contributed by atoms with Crippen molar-refractivity contribution in [2.75, 3.05) is 0 Å². The zero-order valence-electron chi connectivity index (χ0n) is 34.2. The third kappa shape index (κ3) is 8.78. The van der Waals surface area contributed by atoms with Crippen molar-refractivity contribution in [3.63, 3.8) is 0 Å². The Labute approximate surface area is 357 Å². The molecule has 0 N–H and O–H groups in total. The Morgan fingerprint density at radius 2 is 0.803 bits per heavy atom. The third-order valence-electron chi connectivity index (χ3n) is 10.6. The van der Waals surface area contributed by atoms with E-state index in [1.807, 2.05) is 80.0 Å². The second-order valence-corrected chi connectivity index (χ2v) is 14.8. The van der Waals surface area contributed by atoms with Gasteiger partial charge in [0.1, 0.15) is 0 Å². The van der Waals surface area contributed by atoms with Gasteiger partial charge >= 0.3 is 0 Å². The summed E-state index contributed by atoms with van der Waals surface area (Å²) in [7, 11) is 0. The van der Waals surface area contributed by atoms with Crippen LogP contribution in [0.15, 0.2) is 213 Å². The van der Waals surface area contributed by atoms with Gasteiger partial charge in [0.05, 0.1) is 11.4 Å². The predicted octanol–water partition coefficient (Wildman–Crippen LogP) is 14.4. The van der Waals surface area contributed by atoms with Crippen LogP contribution in [0.1, 0.15) is 26.0 Å². The Bertz CT molecular complexity index is 2960. The second kappa shape index (κ2) is 17.9. The number of aromatic nitrogens is 5. The number of pyridine rings is 2. The second-order valence-electron chi connectivity index (χ2n) is 14.8. The van der Waals surface area contributed by atoms with Gasteiger partial charge in [0.15, 0.2) is 17.5 Å². The molecule has 9 rings (SSSR count). The van der Waals surface area contributed by atoms with E-state index in [0.29, 0.717) is 17.5 Å². The van der Waals surface area contributed by atoms with E-state index in [4.69, 9.17) is 24.9 Å². The minimum atomic E-state index is 0.577. The number of hydrogen-bond donors (Lipinski definition) is 0. The third-order valence-corrected chi connectivity index (χ3v) is 10.6. The van der Waals surface area contributed by atoms with Crippen molar-refractivity contribution in [3.05, 3.63) is 218 Å². The minimum Gasteiger partial charge on any atom is -0.256 e. The Morgan fingerprint density at radius 3 is 1.23 bits per heavy atom. The summed E-state index contributed by atoms with van der Waals surface area (Å²) in [6, 6.07) is 62.8. The maximum atomic E-state index is 5.30. The minimum absolute atomic E-state index is 0.577. The molecule has 0 aliphatic rings. The number of hydrogen-bond acceptors (Lipinski definition) is 5. The first kappa shape index (κ1) is 38.6. The fourth-order valence-electron chi connectivity index (χ4n) is 7.53. The van der Waals surface area contributed by atoms with Gasteiger partial charge in [-0.2, -0.15) is 0 Å². The van der Waals surface area contributed by atoms with Crippen molar-refractivity contribution < 1.29 is 0 Å². The Morgan fingerprint density at radius 1 is 0.393 bits per heavy atom. The monoisotopic (exact) mass is 785 g/mol. The molecule has 0 bridgehead atoms. The molecule has 0 aliphatic carbocycles. The lowest BCUT2D eigenvalue weighted by molar-refractivity contribution is 1.07. The van der Waals surface area contributed by atoms with Crippen LogP contribution in [-0.2, 0) is 0 Å². The first-order valence-corrected chi connectivity index (χ1v) is 20.7. The van der Waals surface area contributed by atoms with E-state index in [-0.39, 0.29) is 0 Å². The summed E-state index contributed by atoms with van der Waals surface area (Å²) in [6.07, 6.45) is 11.2. The first-order valence-electron chi connectivity index (χ1n) is 20.7. The highest BCUT2D eigenvalue weighted by Gasteiger charge is 2.17. The van der Waals surface area contributed by atoms with E-state index in [2.05, 4.69) is 146 Å². The molecule has 6 aromatic carbocycles. The van der Waals surface area contributed by atoms with Crippen LogP contribution in [0.4, 0.5) is 0 Å². The van der Waals surface area contributed by atoms with Gasteiger partial charge in [-0.15, -0.1) is 0 Å². The van der Waals surface area contributed by atoms with Crippen molar-refractivity contribution in [2.45, 2.75) is 20.3 Å². The molecule has 0 aliphatic heterocycles. The molecular formula is C56H43N5. The molecule has 0 atom stereocenters. The molecule has 5 heteroatoms. The van der Waals surface area contributed by atoms with Gasteiger partial charge in [-0.1, -0.05) is 159 Å². The summed E-state index contributed by atoms with van der Waals surface area (Å²) in [6.45, 7) is 4.18. The van der Waals surface area contributed by atoms with E-state index in [9.17, 15) is 0 Å². The maximum Gasteiger partial charge on any atom is 0.164 e. The van der Waals surface area contributed by atoms with Crippen molar-refractivity contribution >= 4 is 5.57 Å². The van der Waals surface area contributed by atoms with E-state index in [1.54, 1.807) is 0 Å². The number of rotatable bonds is 11. The van der Waals surface area contributed by atoms with Crippen LogP contribution in [0, 0.1) is 0 Å². The van der Waals surface area contributed by atoms with Crippen molar-refractivity contribution in [2.24, 2.45) is 0 Å². The molecule has 3 aromatic heterocycles. The molecule has 5 nitrogen and oxygen atoms in total. The molecule has 0 unspecified atom stereocenters. The zero-order chi connectivity index (χ0) is 41.4. The summed E-state index contributed by atoms with van der Waals surface area (Å²) >= 11 is 0. The fraction of sp³-hybridized carbons (Fsp3) is 0.0536. The Balaban J connectivity index is 1.21. The van der Waals surface area contributed by atoms with Crippen LogP contribution in [0.3, 0.4) is 0 Å². The van der Waals surface area contributed by atoms with Gasteiger partial charge in [0, 0.05) is 45.8 Å². The summed E-state index contributed by atoms with van der Waals surface area (Å²) in [5.41, 5.74) is 15.1. The molecule has 9 aromatic rings. The Kier molecular flexibility index (Phi) is 11.4. The molecule has 61 heavy (non-hydrogen) atoms. The van der Waals surface area contributed by atoms with Gasteiger partial charge in [-0.3, -0.25) is 9.97 Å². The van der Waals surface area contributed by atoms with Crippen LogP contribution in [0.5, 0.6) is 0 Å². The highest BCUT2D eigenvalue weighted by atomic mass is 15.0. The number of benzene rings is 6. The van der Waals surface area contributed by atoms with Crippen molar-refractivity contribution in [1.29, 1.82) is 0 Å². The van der Waals surface area contributed by atoms with Gasteiger partial charge < -0.3 is 0 Å². The molecule has 3 heterocycles. The van der Waals surface area contributed by atoms with Crippen molar-refractivity contribution in [3.8, 4) is 89.9 Å². The van der Waals surface area contributed by atoms with Crippen LogP contribution in [0.2, 0.25) is 0 Å². The zero-order valence-corrected chi connectivity index (χ0v) is 34.2. The molecule has 0 amide bonds. The number of nitrogens with zero attached hydrogens (tertiary/aromatic N) is 5. The molecular weight excluding hydrogens is 743 g/mol. The standard InChI is InChI=1S/C56H43N5/c1-3-17-41(18-4-2)52-29-27-44(37-57-52)48-31-46(39-19-9-5-10-20-39)33-50(35-48)55-59-54(43-25-15-8-16-26-43)60-56(61-55)51-34-47(40-21-11-6-12-22-40)32-49(36-51)45-28-30-53(58-38-45)42-23-13-7-14-24-42/h3,5-38H,4H2,1-2H3/b17-3-,41-18+. The fourth-order valence-corrected chi connectivity index (χ4v) is 7.53. The van der Waals surface area contributed by atoms with Crippen LogP contribution < -0.4 is 0 Å². The molecule has 0 spiro atoms. The van der Waals surface area contributed by atoms with Gasteiger partial charge in [-0.25, -0.2) is 15.0 Å². The normalized spacial score (nSPS) is 11.5. The largest absolute Gasteiger partial charge is 0.256 e. The average molecular weight is 786 g/mol. The summed E-state index contributed by atoms with van der Waals surface area (Å²) in [4.78, 5) is 25.5. The van der Waals surface area contributed by atoms with Crippen molar-refractivity contribution in [1.82, 2.24) is 24.9 Å².